The van der Waals surface area contributed by atoms with E-state index in [1.165, 1.54) is 17.4 Å². The maximum absolute atomic E-state index is 13.2. The molecule has 3 aromatic rings. The van der Waals surface area contributed by atoms with Crippen molar-refractivity contribution in [2.24, 2.45) is 5.84 Å². The van der Waals surface area contributed by atoms with E-state index in [-0.39, 0.29) is 11.9 Å². The smallest absolute Gasteiger partial charge is 0.124 e. The normalized spacial score (nSPS) is 12.8. The summed E-state index contributed by atoms with van der Waals surface area (Å²) in [6.07, 6.45) is 0. The van der Waals surface area contributed by atoms with Crippen molar-refractivity contribution in [2.45, 2.75) is 6.04 Å². The second-order valence-electron chi connectivity index (χ2n) is 4.48. The van der Waals surface area contributed by atoms with Crippen molar-refractivity contribution in [3.8, 4) is 0 Å². The summed E-state index contributed by atoms with van der Waals surface area (Å²) in [6, 6.07) is 14.2. The fourth-order valence-electron chi connectivity index (χ4n) is 2.17. The van der Waals surface area contributed by atoms with Gasteiger partial charge in [0.1, 0.15) is 5.82 Å². The lowest BCUT2D eigenvalue weighted by molar-refractivity contribution is 0.630. The highest BCUT2D eigenvalue weighted by molar-refractivity contribution is 7.19. The highest BCUT2D eigenvalue weighted by atomic mass is 35.5. The second-order valence-corrected chi connectivity index (χ2v) is 6.03. The maximum Gasteiger partial charge on any atom is 0.124 e. The second kappa shape index (κ2) is 5.50. The number of hydrogen-bond acceptors (Lipinski definition) is 3. The van der Waals surface area contributed by atoms with E-state index >= 15 is 0 Å². The number of nitrogens with one attached hydrogen (secondary N) is 1. The third kappa shape index (κ3) is 2.55. The Balaban J connectivity index is 2.04. The first kappa shape index (κ1) is 13.5. The molecule has 0 amide bonds. The molecule has 2 nitrogen and oxygen atoms in total. The van der Waals surface area contributed by atoms with Crippen LogP contribution in [0.25, 0.3) is 10.1 Å². The number of hydrogen-bond donors (Lipinski definition) is 2. The molecular weight excluding hydrogens is 295 g/mol. The zero-order chi connectivity index (χ0) is 14.1. The van der Waals surface area contributed by atoms with Gasteiger partial charge in [-0.15, -0.1) is 11.3 Å². The van der Waals surface area contributed by atoms with Crippen LogP contribution in [0.1, 0.15) is 16.5 Å². The molecule has 1 atom stereocenters. The van der Waals surface area contributed by atoms with Gasteiger partial charge in [0.2, 0.25) is 0 Å². The Morgan fingerprint density at radius 2 is 1.85 bits per heavy atom. The van der Waals surface area contributed by atoms with Crippen LogP contribution in [0.4, 0.5) is 4.39 Å². The molecule has 1 aromatic heterocycles. The van der Waals surface area contributed by atoms with Crippen LogP contribution in [0.3, 0.4) is 0 Å². The topological polar surface area (TPSA) is 38.0 Å². The Labute approximate surface area is 125 Å². The number of nitrogens with two attached hydrogens (primary N) is 1. The molecule has 0 aliphatic heterocycles. The van der Waals surface area contributed by atoms with Gasteiger partial charge in [-0.05, 0) is 41.3 Å². The fraction of sp³-hybridized carbons (Fsp3) is 0.0667. The largest absolute Gasteiger partial charge is 0.271 e. The van der Waals surface area contributed by atoms with Crippen molar-refractivity contribution in [3.05, 3.63) is 69.8 Å². The molecule has 3 rings (SSSR count). The van der Waals surface area contributed by atoms with Gasteiger partial charge >= 0.3 is 0 Å². The van der Waals surface area contributed by atoms with Crippen LogP contribution in [0.2, 0.25) is 5.02 Å². The van der Waals surface area contributed by atoms with Gasteiger partial charge in [-0.1, -0.05) is 29.8 Å². The zero-order valence-corrected chi connectivity index (χ0v) is 12.0. The monoisotopic (exact) mass is 306 g/mol. The Bertz CT molecular complexity index is 739. The van der Waals surface area contributed by atoms with Gasteiger partial charge < -0.3 is 0 Å². The lowest BCUT2D eigenvalue weighted by atomic mass is 10.1. The predicted molar refractivity (Wildman–Crippen MR) is 82.4 cm³/mol. The molecule has 3 N–H and O–H groups in total. The molecule has 0 radical (unpaired) electrons. The standard InChI is InChI=1S/C15H12ClFN2S/c16-11-4-1-9(2-5-11)15(19-18)14-7-10-3-6-12(17)8-13(10)20-14/h1-8,15,19H,18H2. The zero-order valence-electron chi connectivity index (χ0n) is 10.4. The van der Waals surface area contributed by atoms with Gasteiger partial charge in [-0.2, -0.15) is 0 Å². The van der Waals surface area contributed by atoms with E-state index in [9.17, 15) is 4.39 Å². The van der Waals surface area contributed by atoms with Crippen molar-refractivity contribution in [3.63, 3.8) is 0 Å². The first-order chi connectivity index (χ1) is 9.67. The number of benzene rings is 2. The van der Waals surface area contributed by atoms with E-state index in [0.717, 1.165) is 20.5 Å². The number of hydrazine groups is 1. The minimum Gasteiger partial charge on any atom is -0.271 e. The third-order valence-electron chi connectivity index (χ3n) is 3.16. The average molecular weight is 307 g/mol. The number of rotatable bonds is 3. The van der Waals surface area contributed by atoms with Crippen LogP contribution in [-0.2, 0) is 0 Å². The molecule has 0 aliphatic rings. The molecule has 1 heterocycles. The summed E-state index contributed by atoms with van der Waals surface area (Å²) in [5.74, 6) is 5.45. The summed E-state index contributed by atoms with van der Waals surface area (Å²) in [5.41, 5.74) is 3.82. The molecule has 0 bridgehead atoms. The number of halogens is 2. The van der Waals surface area contributed by atoms with Crippen molar-refractivity contribution in [2.75, 3.05) is 0 Å². The Hall–Kier alpha value is -1.46. The molecule has 0 fully saturated rings. The van der Waals surface area contributed by atoms with Gasteiger partial charge in [0.15, 0.2) is 0 Å². The fourth-order valence-corrected chi connectivity index (χ4v) is 3.47. The Morgan fingerprint density at radius 3 is 2.55 bits per heavy atom. The summed E-state index contributed by atoms with van der Waals surface area (Å²) < 4.78 is 14.2. The molecule has 2 aromatic carbocycles. The molecule has 1 unspecified atom stereocenters. The van der Waals surface area contributed by atoms with E-state index in [2.05, 4.69) is 5.43 Å². The van der Waals surface area contributed by atoms with Crippen molar-refractivity contribution < 1.29 is 4.39 Å². The van der Waals surface area contributed by atoms with Gasteiger partial charge in [0.05, 0.1) is 6.04 Å². The molecule has 0 aliphatic carbocycles. The highest BCUT2D eigenvalue weighted by Crippen LogP contribution is 2.33. The van der Waals surface area contributed by atoms with Crippen LogP contribution < -0.4 is 11.3 Å². The van der Waals surface area contributed by atoms with Gasteiger partial charge in [-0.25, -0.2) is 9.82 Å². The summed E-state index contributed by atoms with van der Waals surface area (Å²) in [4.78, 5) is 1.04. The van der Waals surface area contributed by atoms with Crippen LogP contribution in [0.15, 0.2) is 48.5 Å². The predicted octanol–water partition coefficient (Wildman–Crippen LogP) is 4.25. The molecule has 5 heteroatoms. The Morgan fingerprint density at radius 1 is 1.10 bits per heavy atom. The van der Waals surface area contributed by atoms with Crippen LogP contribution >= 0.6 is 22.9 Å². The van der Waals surface area contributed by atoms with E-state index in [0.29, 0.717) is 5.02 Å². The SMILES string of the molecule is NNC(c1ccc(Cl)cc1)c1cc2ccc(F)cc2s1. The van der Waals surface area contributed by atoms with E-state index < -0.39 is 0 Å². The van der Waals surface area contributed by atoms with Gasteiger partial charge in [0.25, 0.3) is 0 Å². The first-order valence-corrected chi connectivity index (χ1v) is 7.27. The minimum absolute atomic E-state index is 0.132. The lowest BCUT2D eigenvalue weighted by Crippen LogP contribution is -2.28. The molecule has 0 spiro atoms. The molecule has 0 saturated carbocycles. The van der Waals surface area contributed by atoms with Crippen molar-refractivity contribution >= 4 is 33.0 Å². The highest BCUT2D eigenvalue weighted by Gasteiger charge is 2.15. The lowest BCUT2D eigenvalue weighted by Gasteiger charge is -2.14. The first-order valence-electron chi connectivity index (χ1n) is 6.08. The summed E-state index contributed by atoms with van der Waals surface area (Å²) in [7, 11) is 0. The minimum atomic E-state index is -0.227. The molecule has 20 heavy (non-hydrogen) atoms. The van der Waals surface area contributed by atoms with Crippen molar-refractivity contribution in [1.29, 1.82) is 0 Å². The average Bonchev–Trinajstić information content (AvgIpc) is 2.84. The van der Waals surface area contributed by atoms with E-state index in [4.69, 9.17) is 17.4 Å². The van der Waals surface area contributed by atoms with E-state index in [1.807, 2.05) is 30.3 Å². The van der Waals surface area contributed by atoms with Crippen LogP contribution in [-0.4, -0.2) is 0 Å². The van der Waals surface area contributed by atoms with Gasteiger partial charge in [0, 0.05) is 14.6 Å². The van der Waals surface area contributed by atoms with Crippen LogP contribution in [0.5, 0.6) is 0 Å². The molecular formula is C15H12ClFN2S. The maximum atomic E-state index is 13.2. The van der Waals surface area contributed by atoms with E-state index in [1.54, 1.807) is 12.1 Å². The molecule has 102 valence electrons. The number of thiophene rings is 1. The Kier molecular flexibility index (Phi) is 3.72. The summed E-state index contributed by atoms with van der Waals surface area (Å²) in [5, 5.41) is 1.70. The molecule has 0 saturated heterocycles. The van der Waals surface area contributed by atoms with Crippen LogP contribution in [0, 0.1) is 5.82 Å². The summed E-state index contributed by atoms with van der Waals surface area (Å²) in [6.45, 7) is 0. The quantitative estimate of drug-likeness (QED) is 0.561. The third-order valence-corrected chi connectivity index (χ3v) is 4.57. The summed E-state index contributed by atoms with van der Waals surface area (Å²) >= 11 is 7.42. The number of fused-ring (bicyclic) bond motifs is 1. The van der Waals surface area contributed by atoms with Crippen molar-refractivity contribution in [1.82, 2.24) is 5.43 Å². The van der Waals surface area contributed by atoms with Gasteiger partial charge in [-0.3, -0.25) is 5.84 Å².